The van der Waals surface area contributed by atoms with Crippen LogP contribution >= 0.6 is 39.1 Å². The van der Waals surface area contributed by atoms with Gasteiger partial charge in [0.1, 0.15) is 5.82 Å². The monoisotopic (exact) mass is 376 g/mol. The first-order valence-electron chi connectivity index (χ1n) is 5.86. The summed E-state index contributed by atoms with van der Waals surface area (Å²) < 4.78 is 13.7. The fourth-order valence-corrected chi connectivity index (χ4v) is 2.91. The number of hydrogen-bond acceptors (Lipinski definition) is 2. The van der Waals surface area contributed by atoms with Crippen molar-refractivity contribution >= 4 is 39.1 Å². The van der Waals surface area contributed by atoms with Gasteiger partial charge < -0.3 is 0 Å². The summed E-state index contributed by atoms with van der Waals surface area (Å²) in [7, 11) is 0. The summed E-state index contributed by atoms with van der Waals surface area (Å²) in [6.45, 7) is 0. The van der Waals surface area contributed by atoms with E-state index in [0.717, 1.165) is 11.1 Å². The maximum Gasteiger partial charge on any atom is 0.137 e. The summed E-state index contributed by atoms with van der Waals surface area (Å²) in [5, 5.41) is 1.11. The average molecular weight is 378 g/mol. The Morgan fingerprint density at radius 1 is 1.20 bits per heavy atom. The number of rotatable bonds is 4. The van der Waals surface area contributed by atoms with Crippen molar-refractivity contribution < 1.29 is 4.39 Å². The summed E-state index contributed by atoms with van der Waals surface area (Å²) in [5.41, 5.74) is 4.51. The molecule has 1 unspecified atom stereocenters. The largest absolute Gasteiger partial charge is 0.271 e. The Balaban J connectivity index is 2.26. The Labute approximate surface area is 135 Å². The maximum absolute atomic E-state index is 13.2. The lowest BCUT2D eigenvalue weighted by Crippen LogP contribution is -2.29. The summed E-state index contributed by atoms with van der Waals surface area (Å²) in [6, 6.07) is 9.93. The van der Waals surface area contributed by atoms with E-state index >= 15 is 0 Å². The third-order valence-corrected chi connectivity index (χ3v) is 4.13. The van der Waals surface area contributed by atoms with Gasteiger partial charge in [-0.3, -0.25) is 11.3 Å². The van der Waals surface area contributed by atoms with E-state index in [9.17, 15) is 4.39 Å². The van der Waals surface area contributed by atoms with Crippen LogP contribution in [-0.2, 0) is 6.42 Å². The minimum Gasteiger partial charge on any atom is -0.271 e. The molecule has 0 amide bonds. The van der Waals surface area contributed by atoms with Crippen molar-refractivity contribution in [3.05, 3.63) is 67.9 Å². The highest BCUT2D eigenvalue weighted by Gasteiger charge is 2.15. The quantitative estimate of drug-likeness (QED) is 0.601. The molecule has 0 aliphatic carbocycles. The highest BCUT2D eigenvalue weighted by molar-refractivity contribution is 9.10. The Morgan fingerprint density at radius 3 is 2.55 bits per heavy atom. The lowest BCUT2D eigenvalue weighted by atomic mass is 9.99. The molecular weight excluding hydrogens is 366 g/mol. The van der Waals surface area contributed by atoms with Gasteiger partial charge in [-0.1, -0.05) is 35.3 Å². The first-order chi connectivity index (χ1) is 9.51. The molecule has 0 aliphatic rings. The van der Waals surface area contributed by atoms with Crippen LogP contribution in [0.1, 0.15) is 17.2 Å². The minimum atomic E-state index is -0.296. The van der Waals surface area contributed by atoms with Crippen LogP contribution in [0.5, 0.6) is 0 Å². The second-order valence-corrected chi connectivity index (χ2v) is 6.04. The van der Waals surface area contributed by atoms with Gasteiger partial charge in [0.05, 0.1) is 10.5 Å². The average Bonchev–Trinajstić information content (AvgIpc) is 2.41. The summed E-state index contributed by atoms with van der Waals surface area (Å²) in [4.78, 5) is 0. The van der Waals surface area contributed by atoms with Crippen LogP contribution < -0.4 is 11.3 Å². The molecule has 3 N–H and O–H groups in total. The maximum atomic E-state index is 13.2. The van der Waals surface area contributed by atoms with Crippen LogP contribution in [0.4, 0.5) is 4.39 Å². The zero-order valence-electron chi connectivity index (χ0n) is 10.3. The van der Waals surface area contributed by atoms with Crippen molar-refractivity contribution in [1.82, 2.24) is 5.43 Å². The standard InChI is InChI=1S/C14H12BrCl2FN2/c15-11-5-8(1-4-13(11)18)6-14(20-19)10-3-2-9(16)7-12(10)17/h1-5,7,14,20H,6,19H2. The van der Waals surface area contributed by atoms with Crippen LogP contribution in [0.3, 0.4) is 0 Å². The molecule has 0 spiro atoms. The topological polar surface area (TPSA) is 38.0 Å². The summed E-state index contributed by atoms with van der Waals surface area (Å²) in [6.07, 6.45) is 0.580. The lowest BCUT2D eigenvalue weighted by molar-refractivity contribution is 0.550. The summed E-state index contributed by atoms with van der Waals surface area (Å²) in [5.74, 6) is 5.30. The van der Waals surface area contributed by atoms with Gasteiger partial charge in [0.2, 0.25) is 0 Å². The highest BCUT2D eigenvalue weighted by atomic mass is 79.9. The molecule has 0 heterocycles. The van der Waals surface area contributed by atoms with Gasteiger partial charge >= 0.3 is 0 Å². The fraction of sp³-hybridized carbons (Fsp3) is 0.143. The van der Waals surface area contributed by atoms with Crippen molar-refractivity contribution in [3.63, 3.8) is 0 Å². The number of hydrogen-bond donors (Lipinski definition) is 2. The normalized spacial score (nSPS) is 12.4. The van der Waals surface area contributed by atoms with Gasteiger partial charge in [0, 0.05) is 10.0 Å². The molecule has 0 fully saturated rings. The van der Waals surface area contributed by atoms with E-state index in [1.807, 2.05) is 6.07 Å². The third kappa shape index (κ3) is 3.71. The molecule has 2 aromatic carbocycles. The lowest BCUT2D eigenvalue weighted by Gasteiger charge is -2.18. The molecule has 106 valence electrons. The van der Waals surface area contributed by atoms with Gasteiger partial charge in [-0.05, 0) is 57.7 Å². The summed E-state index contributed by atoms with van der Waals surface area (Å²) >= 11 is 15.2. The van der Waals surface area contributed by atoms with Gasteiger partial charge in [0.15, 0.2) is 0 Å². The Morgan fingerprint density at radius 2 is 1.95 bits per heavy atom. The smallest absolute Gasteiger partial charge is 0.137 e. The van der Waals surface area contributed by atoms with Crippen LogP contribution in [0.15, 0.2) is 40.9 Å². The minimum absolute atomic E-state index is 0.183. The Hall–Kier alpha value is -0.650. The van der Waals surface area contributed by atoms with Gasteiger partial charge in [-0.25, -0.2) is 4.39 Å². The molecule has 1 atom stereocenters. The van der Waals surface area contributed by atoms with Crippen molar-refractivity contribution in [1.29, 1.82) is 0 Å². The van der Waals surface area contributed by atoms with Crippen LogP contribution in [0.25, 0.3) is 0 Å². The van der Waals surface area contributed by atoms with Crippen LogP contribution in [-0.4, -0.2) is 0 Å². The first kappa shape index (κ1) is 15.7. The second kappa shape index (κ2) is 6.87. The molecule has 0 bridgehead atoms. The second-order valence-electron chi connectivity index (χ2n) is 4.34. The zero-order valence-corrected chi connectivity index (χ0v) is 13.4. The molecule has 0 aliphatic heterocycles. The number of benzene rings is 2. The van der Waals surface area contributed by atoms with Gasteiger partial charge in [0.25, 0.3) is 0 Å². The molecular formula is C14H12BrCl2FN2. The van der Waals surface area contributed by atoms with E-state index in [1.165, 1.54) is 6.07 Å². The van der Waals surface area contributed by atoms with Crippen molar-refractivity contribution in [3.8, 4) is 0 Å². The number of hydrazine groups is 1. The molecule has 0 radical (unpaired) electrons. The molecule has 2 rings (SSSR count). The van der Waals surface area contributed by atoms with E-state index < -0.39 is 0 Å². The van der Waals surface area contributed by atoms with E-state index in [4.69, 9.17) is 29.0 Å². The van der Waals surface area contributed by atoms with Crippen LogP contribution in [0.2, 0.25) is 10.0 Å². The van der Waals surface area contributed by atoms with E-state index in [2.05, 4.69) is 21.4 Å². The molecule has 2 aromatic rings. The SMILES string of the molecule is NNC(Cc1ccc(F)c(Br)c1)c1ccc(Cl)cc1Cl. The Bertz CT molecular complexity index is 622. The van der Waals surface area contributed by atoms with Crippen LogP contribution in [0, 0.1) is 5.82 Å². The number of nitrogens with one attached hydrogen (secondary N) is 1. The van der Waals surface area contributed by atoms with Crippen molar-refractivity contribution in [2.45, 2.75) is 12.5 Å². The molecule has 2 nitrogen and oxygen atoms in total. The van der Waals surface area contributed by atoms with Gasteiger partial charge in [-0.2, -0.15) is 0 Å². The van der Waals surface area contributed by atoms with E-state index in [0.29, 0.717) is 20.9 Å². The predicted molar refractivity (Wildman–Crippen MR) is 84.3 cm³/mol. The van der Waals surface area contributed by atoms with Gasteiger partial charge in [-0.15, -0.1) is 0 Å². The fourth-order valence-electron chi connectivity index (χ4n) is 1.95. The molecule has 6 heteroatoms. The predicted octanol–water partition coefficient (Wildman–Crippen LogP) is 4.64. The highest BCUT2D eigenvalue weighted by Crippen LogP contribution is 2.29. The molecule has 20 heavy (non-hydrogen) atoms. The number of nitrogens with two attached hydrogens (primary N) is 1. The van der Waals surface area contributed by atoms with Crippen molar-refractivity contribution in [2.24, 2.45) is 5.84 Å². The molecule has 0 saturated carbocycles. The van der Waals surface area contributed by atoms with Crippen molar-refractivity contribution in [2.75, 3.05) is 0 Å². The molecule has 0 aromatic heterocycles. The third-order valence-electron chi connectivity index (χ3n) is 2.96. The zero-order chi connectivity index (χ0) is 14.7. The molecule has 0 saturated heterocycles. The number of halogens is 4. The first-order valence-corrected chi connectivity index (χ1v) is 7.41. The van der Waals surface area contributed by atoms with E-state index in [1.54, 1.807) is 24.3 Å². The van der Waals surface area contributed by atoms with E-state index in [-0.39, 0.29) is 11.9 Å². The Kier molecular flexibility index (Phi) is 5.41.